The minimum absolute atomic E-state index is 0.334. The van der Waals surface area contributed by atoms with Crippen LogP contribution in [0.1, 0.15) is 17.8 Å². The number of carbonyl (C=O) groups is 1. The summed E-state index contributed by atoms with van der Waals surface area (Å²) in [7, 11) is 4.06. The van der Waals surface area contributed by atoms with Crippen LogP contribution in [-0.4, -0.2) is 78.3 Å². The number of methoxy groups -OCH3 is 1. The Morgan fingerprint density at radius 2 is 2.04 bits per heavy atom. The van der Waals surface area contributed by atoms with Gasteiger partial charge in [-0.05, 0) is 39.3 Å². The molecule has 2 aliphatic heterocycles. The van der Waals surface area contributed by atoms with Gasteiger partial charge in [-0.15, -0.1) is 10.2 Å². The van der Waals surface area contributed by atoms with E-state index in [2.05, 4.69) is 27.0 Å². The number of alkyl halides is 3. The zero-order chi connectivity index (χ0) is 19.5. The maximum absolute atomic E-state index is 10.6. The first-order valence-corrected chi connectivity index (χ1v) is 8.94. The number of aromatic nitrogens is 2. The van der Waals surface area contributed by atoms with E-state index in [9.17, 15) is 13.2 Å². The number of ether oxygens (including phenoxy) is 1. The van der Waals surface area contributed by atoms with Crippen LogP contribution in [0.5, 0.6) is 0 Å². The summed E-state index contributed by atoms with van der Waals surface area (Å²) in [6.07, 6.45) is -2.59. The van der Waals surface area contributed by atoms with Crippen LogP contribution < -0.4 is 4.90 Å². The second-order valence-corrected chi connectivity index (χ2v) is 7.88. The van der Waals surface area contributed by atoms with E-state index >= 15 is 0 Å². The van der Waals surface area contributed by atoms with Crippen molar-refractivity contribution in [1.29, 1.82) is 0 Å². The van der Waals surface area contributed by atoms with Crippen molar-refractivity contribution in [3.63, 3.8) is 0 Å². The number of hydrogen-bond donors (Lipinski definition) is 1. The number of nitrogens with zero attached hydrogens (tertiary/aromatic N) is 4. The lowest BCUT2D eigenvalue weighted by Crippen LogP contribution is -2.72. The lowest BCUT2D eigenvalue weighted by atomic mass is 9.75. The number of aliphatic carboxylic acids is 1. The SMILES string of the molecule is COCC1CCN(C)C2(C1)CN(c1nnc(C)s1)C2.O=C(O)C(F)(F)F. The van der Waals surface area contributed by atoms with Gasteiger partial charge in [0.25, 0.3) is 0 Å². The van der Waals surface area contributed by atoms with Gasteiger partial charge in [0.2, 0.25) is 5.13 Å². The highest BCUT2D eigenvalue weighted by molar-refractivity contribution is 7.15. The van der Waals surface area contributed by atoms with Crippen LogP contribution in [0.15, 0.2) is 0 Å². The number of piperidine rings is 1. The van der Waals surface area contributed by atoms with Gasteiger partial charge in [0.05, 0.1) is 5.54 Å². The molecule has 1 atom stereocenters. The van der Waals surface area contributed by atoms with Gasteiger partial charge >= 0.3 is 12.1 Å². The number of aryl methyl sites for hydroxylation is 1. The molecule has 0 aromatic carbocycles. The second-order valence-electron chi connectivity index (χ2n) is 6.72. The van der Waals surface area contributed by atoms with Gasteiger partial charge in [0.15, 0.2) is 0 Å². The molecule has 0 amide bonds. The molecule has 3 heterocycles. The molecule has 7 nitrogen and oxygen atoms in total. The normalized spacial score (nSPS) is 22.5. The maximum atomic E-state index is 10.6. The highest BCUT2D eigenvalue weighted by atomic mass is 32.1. The van der Waals surface area contributed by atoms with E-state index in [4.69, 9.17) is 14.6 Å². The van der Waals surface area contributed by atoms with E-state index in [1.54, 1.807) is 11.3 Å². The van der Waals surface area contributed by atoms with Gasteiger partial charge in [-0.1, -0.05) is 11.3 Å². The monoisotopic (exact) mass is 396 g/mol. The Kier molecular flexibility index (Phi) is 6.46. The fraction of sp³-hybridized carbons (Fsp3) is 0.800. The van der Waals surface area contributed by atoms with E-state index in [1.165, 1.54) is 19.4 Å². The fourth-order valence-electron chi connectivity index (χ4n) is 3.37. The van der Waals surface area contributed by atoms with Crippen LogP contribution >= 0.6 is 11.3 Å². The van der Waals surface area contributed by atoms with Crippen molar-refractivity contribution < 1.29 is 27.8 Å². The van der Waals surface area contributed by atoms with E-state index in [0.717, 1.165) is 29.8 Å². The third kappa shape index (κ3) is 4.83. The van der Waals surface area contributed by atoms with Crippen LogP contribution in [0.4, 0.5) is 18.3 Å². The van der Waals surface area contributed by atoms with Crippen LogP contribution in [0.2, 0.25) is 0 Å². The van der Waals surface area contributed by atoms with Gasteiger partial charge in [0, 0.05) is 26.8 Å². The number of anilines is 1. The summed E-state index contributed by atoms with van der Waals surface area (Å²) in [6.45, 7) is 6.25. The zero-order valence-electron chi connectivity index (χ0n) is 14.9. The Balaban J connectivity index is 0.000000298. The number of carboxylic acids is 1. The minimum Gasteiger partial charge on any atom is -0.475 e. The molecule has 0 radical (unpaired) electrons. The predicted octanol–water partition coefficient (Wildman–Crippen LogP) is 2.03. The van der Waals surface area contributed by atoms with E-state index in [0.29, 0.717) is 11.5 Å². The van der Waals surface area contributed by atoms with Crippen molar-refractivity contribution in [2.24, 2.45) is 5.92 Å². The predicted molar refractivity (Wildman–Crippen MR) is 90.5 cm³/mol. The first kappa shape index (κ1) is 20.8. The van der Waals surface area contributed by atoms with Crippen LogP contribution in [0.3, 0.4) is 0 Å². The molecule has 11 heteroatoms. The molecular formula is C15H23F3N4O3S. The van der Waals surface area contributed by atoms with Crippen LogP contribution in [0.25, 0.3) is 0 Å². The highest BCUT2D eigenvalue weighted by Crippen LogP contribution is 2.40. The molecule has 1 spiro atoms. The van der Waals surface area contributed by atoms with Crippen molar-refractivity contribution in [3.8, 4) is 0 Å². The van der Waals surface area contributed by atoms with Gasteiger partial charge in [-0.3, -0.25) is 4.90 Å². The third-order valence-corrected chi connectivity index (χ3v) is 5.65. The van der Waals surface area contributed by atoms with Gasteiger partial charge in [-0.25, -0.2) is 4.79 Å². The summed E-state index contributed by atoms with van der Waals surface area (Å²) in [6, 6.07) is 0. The molecule has 1 aromatic heterocycles. The highest BCUT2D eigenvalue weighted by Gasteiger charge is 2.50. The Morgan fingerprint density at radius 1 is 1.42 bits per heavy atom. The molecule has 2 saturated heterocycles. The molecule has 0 saturated carbocycles. The molecule has 0 bridgehead atoms. The van der Waals surface area contributed by atoms with Crippen molar-refractivity contribution in [3.05, 3.63) is 5.01 Å². The van der Waals surface area contributed by atoms with Crippen molar-refractivity contribution >= 4 is 22.4 Å². The van der Waals surface area contributed by atoms with Crippen LogP contribution in [-0.2, 0) is 9.53 Å². The molecular weight excluding hydrogens is 373 g/mol. The standard InChI is InChI=1S/C13H22N4OS.C2HF3O2/c1-10-14-15-12(19-10)17-8-13(9-17)6-11(7-18-3)4-5-16(13)2;3-2(4,5)1(6)7/h11H,4-9H2,1-3H3;(H,6,7). The maximum Gasteiger partial charge on any atom is 0.490 e. The Labute approximate surface area is 153 Å². The number of likely N-dealkylation sites (tertiary alicyclic amines) is 1. The van der Waals surface area contributed by atoms with Gasteiger partial charge in [0.1, 0.15) is 5.01 Å². The molecule has 1 aromatic rings. The molecule has 0 aliphatic carbocycles. The number of halogens is 3. The van der Waals surface area contributed by atoms with Crippen molar-refractivity contribution in [1.82, 2.24) is 15.1 Å². The molecule has 1 N–H and O–H groups in total. The Bertz CT molecular complexity index is 620. The lowest BCUT2D eigenvalue weighted by molar-refractivity contribution is -0.192. The minimum atomic E-state index is -5.08. The quantitative estimate of drug-likeness (QED) is 0.837. The summed E-state index contributed by atoms with van der Waals surface area (Å²) in [5.41, 5.74) is 0.334. The average molecular weight is 396 g/mol. The van der Waals surface area contributed by atoms with Crippen LogP contribution in [0, 0.1) is 12.8 Å². The largest absolute Gasteiger partial charge is 0.490 e. The zero-order valence-corrected chi connectivity index (χ0v) is 15.7. The number of hydrogen-bond acceptors (Lipinski definition) is 7. The van der Waals surface area contributed by atoms with E-state index in [-0.39, 0.29) is 0 Å². The Morgan fingerprint density at radius 3 is 2.50 bits per heavy atom. The van der Waals surface area contributed by atoms with Gasteiger partial charge < -0.3 is 14.7 Å². The number of rotatable bonds is 3. The topological polar surface area (TPSA) is 78.8 Å². The molecule has 1 unspecified atom stereocenters. The first-order valence-electron chi connectivity index (χ1n) is 8.13. The van der Waals surface area contributed by atoms with Gasteiger partial charge in [-0.2, -0.15) is 13.2 Å². The molecule has 148 valence electrons. The number of likely N-dealkylation sites (N-methyl/N-ethyl adjacent to an activating group) is 1. The summed E-state index contributed by atoms with van der Waals surface area (Å²) in [5, 5.41) is 17.6. The van der Waals surface area contributed by atoms with E-state index < -0.39 is 12.1 Å². The third-order valence-electron chi connectivity index (χ3n) is 4.75. The van der Waals surface area contributed by atoms with Crippen molar-refractivity contribution in [2.45, 2.75) is 31.5 Å². The average Bonchev–Trinajstić information content (AvgIpc) is 2.93. The summed E-state index contributed by atoms with van der Waals surface area (Å²) in [4.78, 5) is 13.8. The molecule has 3 rings (SSSR count). The van der Waals surface area contributed by atoms with E-state index in [1.807, 2.05) is 14.0 Å². The molecule has 26 heavy (non-hydrogen) atoms. The fourth-order valence-corrected chi connectivity index (χ4v) is 4.06. The molecule has 2 fully saturated rings. The number of carboxylic acid groups (broad SMARTS) is 1. The first-order chi connectivity index (χ1) is 12.1. The summed E-state index contributed by atoms with van der Waals surface area (Å²) < 4.78 is 37.1. The molecule has 2 aliphatic rings. The summed E-state index contributed by atoms with van der Waals surface area (Å²) in [5.74, 6) is -2.05. The second kappa shape index (κ2) is 8.05. The smallest absolute Gasteiger partial charge is 0.475 e. The Hall–Kier alpha value is -1.46. The van der Waals surface area contributed by atoms with Crippen molar-refractivity contribution in [2.75, 3.05) is 45.3 Å². The lowest BCUT2D eigenvalue weighted by Gasteiger charge is -2.58. The summed E-state index contributed by atoms with van der Waals surface area (Å²) >= 11 is 1.69.